The fourth-order valence-corrected chi connectivity index (χ4v) is 6.70. The highest BCUT2D eigenvalue weighted by Gasteiger charge is 2.47. The summed E-state index contributed by atoms with van der Waals surface area (Å²) in [5.74, 6) is 3.58. The Labute approximate surface area is 152 Å². The third kappa shape index (κ3) is 4.45. The van der Waals surface area contributed by atoms with Gasteiger partial charge in [0.05, 0.1) is 0 Å². The van der Waals surface area contributed by atoms with Gasteiger partial charge in [0, 0.05) is 16.5 Å². The lowest BCUT2D eigenvalue weighted by Crippen LogP contribution is -2.41. The van der Waals surface area contributed by atoms with Crippen molar-refractivity contribution in [2.75, 3.05) is 11.5 Å². The molecule has 0 radical (unpaired) electrons. The second-order valence-corrected chi connectivity index (χ2v) is 10.2. The smallest absolute Gasteiger partial charge is 0.217 e. The molecule has 0 spiro atoms. The van der Waals surface area contributed by atoms with Crippen molar-refractivity contribution in [3.8, 4) is 0 Å². The predicted molar refractivity (Wildman–Crippen MR) is 108 cm³/mol. The molecule has 0 atom stereocenters. The number of carbonyl (C=O) groups is 1. The summed E-state index contributed by atoms with van der Waals surface area (Å²) in [6.45, 7) is 8.33. The Morgan fingerprint density at radius 1 is 0.917 bits per heavy atom. The quantitative estimate of drug-likeness (QED) is 0.472. The van der Waals surface area contributed by atoms with Crippen LogP contribution in [0.25, 0.3) is 0 Å². The number of hydrogen-bond acceptors (Lipinski definition) is 1. The number of benzene rings is 1. The van der Waals surface area contributed by atoms with E-state index >= 15 is 0 Å². The van der Waals surface area contributed by atoms with Gasteiger partial charge in [-0.25, -0.2) is 0 Å². The van der Waals surface area contributed by atoms with Crippen molar-refractivity contribution in [3.63, 3.8) is 0 Å². The second kappa shape index (κ2) is 9.08. The molecule has 0 bridgehead atoms. The largest absolute Gasteiger partial charge is 0.288 e. The zero-order chi connectivity index (χ0) is 17.6. The highest BCUT2D eigenvalue weighted by molar-refractivity contribution is 7.99. The topological polar surface area (TPSA) is 17.1 Å². The summed E-state index contributed by atoms with van der Waals surface area (Å²) in [6, 6.07) is 8.62. The SMILES string of the molecule is CC.CC(C)(C(=O)c1ccc(C2CCCCC2)cc1)[S+]1CCCC1. The van der Waals surface area contributed by atoms with E-state index in [0.29, 0.717) is 5.78 Å². The first-order valence-electron chi connectivity index (χ1n) is 9.91. The van der Waals surface area contributed by atoms with Crippen molar-refractivity contribution in [3.05, 3.63) is 35.4 Å². The van der Waals surface area contributed by atoms with E-state index in [2.05, 4.69) is 38.1 Å². The third-order valence-electron chi connectivity index (χ3n) is 5.55. The van der Waals surface area contributed by atoms with Gasteiger partial charge >= 0.3 is 0 Å². The van der Waals surface area contributed by atoms with E-state index < -0.39 is 0 Å². The molecule has 2 fully saturated rings. The molecule has 1 aromatic rings. The minimum absolute atomic E-state index is 0.178. The van der Waals surface area contributed by atoms with Crippen molar-refractivity contribution in [2.24, 2.45) is 0 Å². The second-order valence-electron chi connectivity index (χ2n) is 7.40. The van der Waals surface area contributed by atoms with Crippen molar-refractivity contribution in [2.45, 2.75) is 83.3 Å². The molecule has 2 aliphatic rings. The summed E-state index contributed by atoms with van der Waals surface area (Å²) >= 11 is 0. The summed E-state index contributed by atoms with van der Waals surface area (Å²) in [6.07, 6.45) is 9.37. The first kappa shape index (κ1) is 19.6. The van der Waals surface area contributed by atoms with Gasteiger partial charge in [-0.05, 0) is 51.0 Å². The van der Waals surface area contributed by atoms with Crippen LogP contribution in [0.5, 0.6) is 0 Å². The van der Waals surface area contributed by atoms with E-state index in [9.17, 15) is 4.79 Å². The number of Topliss-reactive ketones (excluding diaryl/α,β-unsaturated/α-hetero) is 1. The number of ketones is 1. The minimum Gasteiger partial charge on any atom is -0.288 e. The summed E-state index contributed by atoms with van der Waals surface area (Å²) in [4.78, 5) is 12.9. The summed E-state index contributed by atoms with van der Waals surface area (Å²) in [5, 5.41) is 0. The normalized spacial score (nSPS) is 19.7. The van der Waals surface area contributed by atoms with Crippen molar-refractivity contribution < 1.29 is 4.79 Å². The van der Waals surface area contributed by atoms with Gasteiger partial charge in [0.25, 0.3) is 0 Å². The van der Waals surface area contributed by atoms with Crippen LogP contribution in [-0.4, -0.2) is 22.0 Å². The van der Waals surface area contributed by atoms with Gasteiger partial charge in [-0.3, -0.25) is 4.79 Å². The molecule has 134 valence electrons. The van der Waals surface area contributed by atoms with Crippen LogP contribution in [0, 0.1) is 0 Å². The Kier molecular flexibility index (Phi) is 7.40. The van der Waals surface area contributed by atoms with Crippen molar-refractivity contribution >= 4 is 16.7 Å². The Morgan fingerprint density at radius 2 is 1.46 bits per heavy atom. The maximum absolute atomic E-state index is 12.9. The highest BCUT2D eigenvalue weighted by atomic mass is 32.2. The molecule has 1 nitrogen and oxygen atoms in total. The Balaban J connectivity index is 0.00000100. The molecule has 1 aliphatic heterocycles. The zero-order valence-electron chi connectivity index (χ0n) is 16.1. The first-order valence-corrected chi connectivity index (χ1v) is 11.5. The summed E-state index contributed by atoms with van der Waals surface area (Å²) < 4.78 is -0.178. The third-order valence-corrected chi connectivity index (χ3v) is 8.74. The molecule has 1 aromatic carbocycles. The van der Waals surface area contributed by atoms with E-state index in [4.69, 9.17) is 0 Å². The molecule has 1 heterocycles. The molecule has 0 amide bonds. The Morgan fingerprint density at radius 3 is 2.00 bits per heavy atom. The monoisotopic (exact) mass is 347 g/mol. The van der Waals surface area contributed by atoms with E-state index in [-0.39, 0.29) is 15.6 Å². The standard InChI is InChI=1S/C20H29OS.C2H6/c1-20(2,22-14-6-7-15-22)19(21)18-12-10-17(11-13-18)16-8-4-3-5-9-16;1-2/h10-13,16H,3-9,14-15H2,1-2H3;1-2H3/q+1;. The Bertz CT molecular complexity index is 505. The highest BCUT2D eigenvalue weighted by Crippen LogP contribution is 2.34. The molecule has 1 aliphatic carbocycles. The van der Waals surface area contributed by atoms with Crippen LogP contribution in [-0.2, 0) is 10.9 Å². The van der Waals surface area contributed by atoms with Crippen LogP contribution >= 0.6 is 0 Å². The van der Waals surface area contributed by atoms with Gasteiger partial charge in [-0.15, -0.1) is 0 Å². The van der Waals surface area contributed by atoms with E-state index in [0.717, 1.165) is 11.5 Å². The predicted octanol–water partition coefficient (Wildman–Crippen LogP) is 6.13. The molecule has 1 saturated heterocycles. The van der Waals surface area contributed by atoms with Gasteiger partial charge < -0.3 is 0 Å². The van der Waals surface area contributed by atoms with Crippen molar-refractivity contribution in [1.82, 2.24) is 0 Å². The summed E-state index contributed by atoms with van der Waals surface area (Å²) in [5.41, 5.74) is 2.36. The Hall–Kier alpha value is -0.760. The molecule has 1 saturated carbocycles. The average molecular weight is 348 g/mol. The molecule has 0 N–H and O–H groups in total. The fraction of sp³-hybridized carbons (Fsp3) is 0.682. The maximum atomic E-state index is 12.9. The number of carbonyl (C=O) groups excluding carboxylic acids is 1. The van der Waals surface area contributed by atoms with Crippen molar-refractivity contribution in [1.29, 1.82) is 0 Å². The first-order chi connectivity index (χ1) is 11.6. The molecular weight excluding hydrogens is 312 g/mol. The van der Waals surface area contributed by atoms with Gasteiger partial charge in [0.2, 0.25) is 5.78 Å². The van der Waals surface area contributed by atoms with E-state index in [1.807, 2.05) is 13.8 Å². The van der Waals surface area contributed by atoms with Crippen LogP contribution in [0.15, 0.2) is 24.3 Å². The lowest BCUT2D eigenvalue weighted by molar-refractivity contribution is 0.0956. The van der Waals surface area contributed by atoms with Gasteiger partial charge in [-0.2, -0.15) is 0 Å². The van der Waals surface area contributed by atoms with Crippen LogP contribution in [0.2, 0.25) is 0 Å². The van der Waals surface area contributed by atoms with Crippen LogP contribution in [0.1, 0.15) is 94.5 Å². The lowest BCUT2D eigenvalue weighted by Gasteiger charge is -2.23. The number of hydrogen-bond donors (Lipinski definition) is 0. The van der Waals surface area contributed by atoms with Crippen LogP contribution in [0.3, 0.4) is 0 Å². The zero-order valence-corrected chi connectivity index (χ0v) is 16.9. The van der Waals surface area contributed by atoms with Gasteiger partial charge in [0.15, 0.2) is 4.75 Å². The van der Waals surface area contributed by atoms with Gasteiger partial charge in [-0.1, -0.05) is 57.4 Å². The molecule has 2 heteroatoms. The average Bonchev–Trinajstić information content (AvgIpc) is 3.19. The number of rotatable bonds is 4. The molecule has 24 heavy (non-hydrogen) atoms. The molecule has 0 unspecified atom stereocenters. The van der Waals surface area contributed by atoms with E-state index in [1.165, 1.54) is 62.0 Å². The maximum Gasteiger partial charge on any atom is 0.217 e. The van der Waals surface area contributed by atoms with E-state index in [1.54, 1.807) is 0 Å². The van der Waals surface area contributed by atoms with Crippen LogP contribution < -0.4 is 0 Å². The molecular formula is C22H35OS+. The molecule has 0 aromatic heterocycles. The van der Waals surface area contributed by atoms with Gasteiger partial charge in [0.1, 0.15) is 11.5 Å². The summed E-state index contributed by atoms with van der Waals surface area (Å²) in [7, 11) is 0.273. The lowest BCUT2D eigenvalue weighted by atomic mass is 9.83. The minimum atomic E-state index is -0.178. The molecule has 3 rings (SSSR count). The van der Waals surface area contributed by atoms with Crippen LogP contribution in [0.4, 0.5) is 0 Å². The fourth-order valence-electron chi connectivity index (χ4n) is 3.99.